The van der Waals surface area contributed by atoms with Gasteiger partial charge in [-0.25, -0.2) is 13.4 Å². The van der Waals surface area contributed by atoms with Crippen molar-refractivity contribution in [2.45, 2.75) is 23.8 Å². The van der Waals surface area contributed by atoms with Gasteiger partial charge >= 0.3 is 0 Å². The van der Waals surface area contributed by atoms with Gasteiger partial charge in [0, 0.05) is 45.0 Å². The first kappa shape index (κ1) is 22.3. The topological polar surface area (TPSA) is 84.7 Å². The summed E-state index contributed by atoms with van der Waals surface area (Å²) < 4.78 is 31.6. The maximum Gasteiger partial charge on any atom is 0.236 e. The predicted octanol–water partition coefficient (Wildman–Crippen LogP) is 2.36. The van der Waals surface area contributed by atoms with Crippen LogP contribution in [0, 0.1) is 0 Å². The number of sulfone groups is 1. The van der Waals surface area contributed by atoms with Crippen molar-refractivity contribution in [3.63, 3.8) is 0 Å². The van der Waals surface area contributed by atoms with Gasteiger partial charge in [0.2, 0.25) is 5.91 Å². The zero-order valence-electron chi connectivity index (χ0n) is 18.6. The van der Waals surface area contributed by atoms with Crippen molar-refractivity contribution in [2.75, 3.05) is 40.0 Å². The second-order valence-corrected chi connectivity index (χ2v) is 10.4. The number of fused-ring (bicyclic) bond motifs is 1. The molecule has 1 amide bonds. The molecule has 0 atom stereocenters. The number of carbonyl (C=O) groups excluding carboxylic acids is 1. The van der Waals surface area contributed by atoms with Crippen LogP contribution < -0.4 is 4.74 Å². The Balaban J connectivity index is 1.39. The molecule has 0 spiro atoms. The Bertz CT molecular complexity index is 1210. The van der Waals surface area contributed by atoms with Crippen LogP contribution in [0.4, 0.5) is 0 Å². The summed E-state index contributed by atoms with van der Waals surface area (Å²) in [6.07, 6.45) is 6.65. The summed E-state index contributed by atoms with van der Waals surface area (Å²) in [5.74, 6) is 1.57. The first-order chi connectivity index (χ1) is 15.2. The first-order valence-corrected chi connectivity index (χ1v) is 12.5. The average molecular weight is 457 g/mol. The molecule has 0 saturated carbocycles. The minimum Gasteiger partial charge on any atom is -0.489 e. The van der Waals surface area contributed by atoms with Gasteiger partial charge in [0.25, 0.3) is 0 Å². The smallest absolute Gasteiger partial charge is 0.236 e. The van der Waals surface area contributed by atoms with E-state index >= 15 is 0 Å². The van der Waals surface area contributed by atoms with E-state index in [-0.39, 0.29) is 12.0 Å². The number of aromatic nitrogens is 2. The van der Waals surface area contributed by atoms with Crippen molar-refractivity contribution in [3.05, 3.63) is 48.8 Å². The predicted molar refractivity (Wildman–Crippen MR) is 123 cm³/mol. The third-order valence-electron chi connectivity index (χ3n) is 5.75. The van der Waals surface area contributed by atoms with E-state index in [1.807, 2.05) is 29.0 Å². The number of hydrogen-bond acceptors (Lipinski definition) is 6. The van der Waals surface area contributed by atoms with Crippen molar-refractivity contribution >= 4 is 26.6 Å². The van der Waals surface area contributed by atoms with Crippen LogP contribution in [0.15, 0.2) is 53.7 Å². The molecule has 1 fully saturated rings. The highest BCUT2D eigenvalue weighted by Gasteiger charge is 2.22. The van der Waals surface area contributed by atoms with Crippen molar-refractivity contribution < 1.29 is 17.9 Å². The maximum atomic E-state index is 11.9. The molecule has 1 aliphatic rings. The molecule has 32 heavy (non-hydrogen) atoms. The molecule has 170 valence electrons. The average Bonchev–Trinajstić information content (AvgIpc) is 3.18. The number of benzene rings is 1. The number of carbonyl (C=O) groups is 1. The number of likely N-dealkylation sites (N-methyl/N-ethyl adjacent to an activating group) is 1. The highest BCUT2D eigenvalue weighted by Crippen LogP contribution is 2.24. The van der Waals surface area contributed by atoms with Crippen LogP contribution in [-0.2, 0) is 14.6 Å². The summed E-state index contributed by atoms with van der Waals surface area (Å²) in [6, 6.07) is 10.8. The molecule has 9 heteroatoms. The summed E-state index contributed by atoms with van der Waals surface area (Å²) in [7, 11) is 0.306. The molecule has 1 aromatic carbocycles. The molecule has 3 heterocycles. The van der Waals surface area contributed by atoms with E-state index in [0.29, 0.717) is 17.2 Å². The first-order valence-electron chi connectivity index (χ1n) is 10.6. The van der Waals surface area contributed by atoms with Crippen molar-refractivity contribution in [3.8, 4) is 11.6 Å². The summed E-state index contributed by atoms with van der Waals surface area (Å²) in [4.78, 5) is 20.5. The lowest BCUT2D eigenvalue weighted by Gasteiger charge is -2.32. The van der Waals surface area contributed by atoms with E-state index in [1.165, 1.54) is 6.26 Å². The second kappa shape index (κ2) is 8.91. The number of piperidine rings is 1. The SMILES string of the molecule is CN(C)C(=O)CN1CCC(Oc2ccc(-n3ccc4cc(S(C)(=O)=O)ccc43)nc2)CC1. The molecule has 0 N–H and O–H groups in total. The van der Waals surface area contributed by atoms with Gasteiger partial charge in [-0.1, -0.05) is 0 Å². The minimum absolute atomic E-state index is 0.107. The van der Waals surface area contributed by atoms with Crippen LogP contribution in [0.3, 0.4) is 0 Å². The molecule has 8 nitrogen and oxygen atoms in total. The van der Waals surface area contributed by atoms with Gasteiger partial charge in [0.15, 0.2) is 9.84 Å². The lowest BCUT2D eigenvalue weighted by molar-refractivity contribution is -0.130. The van der Waals surface area contributed by atoms with E-state index in [9.17, 15) is 13.2 Å². The normalized spacial score (nSPS) is 15.7. The Morgan fingerprint density at radius 1 is 1.16 bits per heavy atom. The zero-order valence-corrected chi connectivity index (χ0v) is 19.4. The monoisotopic (exact) mass is 456 g/mol. The quantitative estimate of drug-likeness (QED) is 0.566. The highest BCUT2D eigenvalue weighted by molar-refractivity contribution is 7.90. The molecule has 3 aromatic rings. The minimum atomic E-state index is -3.25. The Labute approximate surface area is 188 Å². The molecule has 0 radical (unpaired) electrons. The van der Waals surface area contributed by atoms with Crippen molar-refractivity contribution in [1.29, 1.82) is 0 Å². The molecular formula is C23H28N4O4S. The van der Waals surface area contributed by atoms with Crippen LogP contribution >= 0.6 is 0 Å². The fourth-order valence-electron chi connectivity index (χ4n) is 3.85. The molecule has 2 aromatic heterocycles. The van der Waals surface area contributed by atoms with Crippen LogP contribution in [0.2, 0.25) is 0 Å². The third kappa shape index (κ3) is 4.94. The molecule has 0 bridgehead atoms. The number of likely N-dealkylation sites (tertiary alicyclic amines) is 1. The van der Waals surface area contributed by atoms with E-state index < -0.39 is 9.84 Å². The van der Waals surface area contributed by atoms with Crippen molar-refractivity contribution in [2.24, 2.45) is 0 Å². The Morgan fingerprint density at radius 3 is 2.53 bits per heavy atom. The number of rotatable bonds is 6. The van der Waals surface area contributed by atoms with E-state index in [2.05, 4.69) is 9.88 Å². The molecule has 0 aliphatic carbocycles. The van der Waals surface area contributed by atoms with Gasteiger partial charge in [0.1, 0.15) is 17.7 Å². The number of amides is 1. The van der Waals surface area contributed by atoms with E-state index in [4.69, 9.17) is 4.74 Å². The fraction of sp³-hybridized carbons (Fsp3) is 0.391. The Morgan fingerprint density at radius 2 is 1.91 bits per heavy atom. The largest absolute Gasteiger partial charge is 0.489 e. The van der Waals surface area contributed by atoms with E-state index in [1.54, 1.807) is 43.4 Å². The number of nitrogens with zero attached hydrogens (tertiary/aromatic N) is 4. The zero-order chi connectivity index (χ0) is 22.9. The van der Waals surface area contributed by atoms with Crippen molar-refractivity contribution in [1.82, 2.24) is 19.4 Å². The highest BCUT2D eigenvalue weighted by atomic mass is 32.2. The molecule has 4 rings (SSSR count). The number of ether oxygens (including phenoxy) is 1. The van der Waals surface area contributed by atoms with Crippen LogP contribution in [0.1, 0.15) is 12.8 Å². The number of pyridine rings is 1. The lowest BCUT2D eigenvalue weighted by atomic mass is 10.1. The molecule has 1 saturated heterocycles. The third-order valence-corrected chi connectivity index (χ3v) is 6.86. The molecule has 1 aliphatic heterocycles. The standard InChI is InChI=1S/C23H28N4O4S/c1-25(2)23(28)16-26-11-9-18(10-12-26)31-19-4-7-22(24-15-19)27-13-8-17-14-20(32(3,29)30)5-6-21(17)27/h4-8,13-15,18H,9-12,16H2,1-3H3. The summed E-state index contributed by atoms with van der Waals surface area (Å²) in [5.41, 5.74) is 0.887. The van der Waals surface area contributed by atoms with Gasteiger partial charge in [-0.05, 0) is 49.2 Å². The summed E-state index contributed by atoms with van der Waals surface area (Å²) in [5, 5.41) is 0.842. The lowest BCUT2D eigenvalue weighted by Crippen LogP contribution is -2.43. The van der Waals surface area contributed by atoms with Gasteiger partial charge in [-0.3, -0.25) is 9.69 Å². The molecular weight excluding hydrogens is 428 g/mol. The molecule has 0 unspecified atom stereocenters. The van der Waals surface area contributed by atoms with Crippen LogP contribution in [-0.4, -0.2) is 79.8 Å². The van der Waals surface area contributed by atoms with Crippen LogP contribution in [0.25, 0.3) is 16.7 Å². The van der Waals surface area contributed by atoms with Crippen LogP contribution in [0.5, 0.6) is 5.75 Å². The van der Waals surface area contributed by atoms with Gasteiger partial charge in [-0.2, -0.15) is 0 Å². The van der Waals surface area contributed by atoms with E-state index in [0.717, 1.165) is 42.7 Å². The maximum absolute atomic E-state index is 11.9. The van der Waals surface area contributed by atoms with Gasteiger partial charge in [-0.15, -0.1) is 0 Å². The fourth-order valence-corrected chi connectivity index (χ4v) is 4.50. The number of hydrogen-bond donors (Lipinski definition) is 0. The summed E-state index contributed by atoms with van der Waals surface area (Å²) in [6.45, 7) is 2.12. The van der Waals surface area contributed by atoms with Gasteiger partial charge in [0.05, 0.1) is 23.2 Å². The second-order valence-electron chi connectivity index (χ2n) is 8.41. The Hall–Kier alpha value is -2.91. The van der Waals surface area contributed by atoms with Gasteiger partial charge < -0.3 is 14.2 Å². The Kier molecular flexibility index (Phi) is 6.21. The summed E-state index contributed by atoms with van der Waals surface area (Å²) >= 11 is 0.